The first-order valence-electron chi connectivity index (χ1n) is 6.74. The summed E-state index contributed by atoms with van der Waals surface area (Å²) < 4.78 is 0. The van der Waals surface area contributed by atoms with Crippen LogP contribution >= 0.6 is 12.4 Å². The Morgan fingerprint density at radius 3 is 2.67 bits per heavy atom. The van der Waals surface area contributed by atoms with Crippen molar-refractivity contribution in [3.63, 3.8) is 0 Å². The van der Waals surface area contributed by atoms with Gasteiger partial charge in [-0.25, -0.2) is 0 Å². The van der Waals surface area contributed by atoms with Crippen molar-refractivity contribution in [1.29, 1.82) is 0 Å². The van der Waals surface area contributed by atoms with Gasteiger partial charge < -0.3 is 10.6 Å². The summed E-state index contributed by atoms with van der Waals surface area (Å²) in [5.41, 5.74) is 0.0185. The molecule has 3 N–H and O–H groups in total. The fourth-order valence-corrected chi connectivity index (χ4v) is 1.90. The fraction of sp³-hybridized carbons (Fsp3) is 0.667. The molecule has 0 aliphatic heterocycles. The van der Waals surface area contributed by atoms with Gasteiger partial charge in [0.25, 0.3) is 5.91 Å². The Hall–Kier alpha value is -1.67. The monoisotopic (exact) mass is 319 g/mol. The lowest BCUT2D eigenvalue weighted by atomic mass is 10.2. The first-order valence-corrected chi connectivity index (χ1v) is 6.74. The lowest BCUT2D eigenvalue weighted by Gasteiger charge is -2.12. The number of nitro groups is 1. The van der Waals surface area contributed by atoms with Crippen molar-refractivity contribution in [3.8, 4) is 0 Å². The van der Waals surface area contributed by atoms with Gasteiger partial charge in [0.05, 0.1) is 4.92 Å². The molecule has 21 heavy (non-hydrogen) atoms. The second-order valence-electron chi connectivity index (χ2n) is 4.58. The summed E-state index contributed by atoms with van der Waals surface area (Å²) in [4.78, 5) is 22.5. The van der Waals surface area contributed by atoms with Gasteiger partial charge in [0.2, 0.25) is 5.69 Å². The van der Waals surface area contributed by atoms with E-state index in [-0.39, 0.29) is 29.8 Å². The number of likely N-dealkylation sites (N-methyl/N-ethyl adjacent to an activating group) is 1. The number of carbonyl (C=O) groups excluding carboxylic acids is 1. The zero-order valence-electron chi connectivity index (χ0n) is 12.4. The van der Waals surface area contributed by atoms with E-state index in [1.807, 2.05) is 20.8 Å². The van der Waals surface area contributed by atoms with E-state index in [0.29, 0.717) is 18.7 Å². The summed E-state index contributed by atoms with van der Waals surface area (Å²) in [6, 6.07) is 0.0945. The molecule has 0 aliphatic carbocycles. The lowest BCUT2D eigenvalue weighted by Crippen LogP contribution is -2.39. The van der Waals surface area contributed by atoms with E-state index in [9.17, 15) is 14.9 Å². The normalized spacial score (nSPS) is 11.6. The largest absolute Gasteiger partial charge is 0.349 e. The van der Waals surface area contributed by atoms with Crippen LogP contribution in [-0.4, -0.2) is 40.2 Å². The predicted molar refractivity (Wildman–Crippen MR) is 82.0 cm³/mol. The number of aromatic nitrogens is 2. The van der Waals surface area contributed by atoms with Crippen LogP contribution in [0.1, 0.15) is 43.4 Å². The summed E-state index contributed by atoms with van der Waals surface area (Å²) in [6.45, 7) is 6.97. The number of nitrogens with zero attached hydrogens (tertiary/aromatic N) is 2. The Kier molecular flexibility index (Phi) is 8.56. The molecule has 0 saturated heterocycles. The highest BCUT2D eigenvalue weighted by Gasteiger charge is 2.28. The molecule has 0 unspecified atom stereocenters. The minimum Gasteiger partial charge on any atom is -0.349 e. The predicted octanol–water partition coefficient (Wildman–Crippen LogP) is 1.42. The number of H-pyrrole nitrogens is 1. The number of carbonyl (C=O) groups is 1. The van der Waals surface area contributed by atoms with E-state index < -0.39 is 10.8 Å². The molecular formula is C12H22ClN5O3. The van der Waals surface area contributed by atoms with Crippen molar-refractivity contribution in [2.45, 2.75) is 39.7 Å². The maximum absolute atomic E-state index is 12.0. The minimum absolute atomic E-state index is 0. The van der Waals surface area contributed by atoms with Gasteiger partial charge >= 0.3 is 5.69 Å². The maximum Gasteiger partial charge on any atom is 0.322 e. The van der Waals surface area contributed by atoms with Crippen molar-refractivity contribution < 1.29 is 9.72 Å². The van der Waals surface area contributed by atoms with Crippen LogP contribution in [0.3, 0.4) is 0 Å². The smallest absolute Gasteiger partial charge is 0.322 e. The summed E-state index contributed by atoms with van der Waals surface area (Å²) in [5.74, 6) is -0.528. The van der Waals surface area contributed by atoms with Gasteiger partial charge in [-0.05, 0) is 19.9 Å². The molecule has 0 aliphatic rings. The molecule has 8 nitrogen and oxygen atoms in total. The highest BCUT2D eigenvalue weighted by molar-refractivity contribution is 5.96. The SMILES string of the molecule is CCCc1[nH]nc(C(=O)NC[C@@H](C)NCC)c1[N+](=O)[O-].Cl. The van der Waals surface area contributed by atoms with E-state index in [1.54, 1.807) is 0 Å². The van der Waals surface area contributed by atoms with Gasteiger partial charge in [-0.2, -0.15) is 5.10 Å². The molecule has 1 aromatic heterocycles. The summed E-state index contributed by atoms with van der Waals surface area (Å²) in [5, 5.41) is 23.2. The second-order valence-corrected chi connectivity index (χ2v) is 4.58. The molecule has 0 aromatic carbocycles. The van der Waals surface area contributed by atoms with Crippen molar-refractivity contribution >= 4 is 24.0 Å². The number of rotatable bonds is 8. The molecule has 0 fully saturated rings. The van der Waals surface area contributed by atoms with Crippen LogP contribution in [0, 0.1) is 10.1 Å². The first-order chi connectivity index (χ1) is 9.51. The van der Waals surface area contributed by atoms with Gasteiger partial charge in [0.1, 0.15) is 5.69 Å². The van der Waals surface area contributed by atoms with Crippen LogP contribution in [-0.2, 0) is 6.42 Å². The molecule has 0 saturated carbocycles. The standard InChI is InChI=1S/C12H21N5O3.ClH/c1-4-6-9-11(17(19)20)10(16-15-9)12(18)14-7-8(3)13-5-2;/h8,13H,4-7H2,1-3H3,(H,14,18)(H,15,16);1H/t8-;/m1./s1. The maximum atomic E-state index is 12.0. The zero-order chi connectivity index (χ0) is 15.1. The summed E-state index contributed by atoms with van der Waals surface area (Å²) >= 11 is 0. The Morgan fingerprint density at radius 1 is 1.48 bits per heavy atom. The molecule has 1 amide bonds. The average Bonchev–Trinajstić information content (AvgIpc) is 2.81. The highest BCUT2D eigenvalue weighted by atomic mass is 35.5. The van der Waals surface area contributed by atoms with Gasteiger partial charge in [-0.15, -0.1) is 12.4 Å². The van der Waals surface area contributed by atoms with E-state index in [1.165, 1.54) is 0 Å². The summed E-state index contributed by atoms with van der Waals surface area (Å²) in [6.07, 6.45) is 1.23. The molecule has 0 bridgehead atoms. The molecular weight excluding hydrogens is 298 g/mol. The van der Waals surface area contributed by atoms with Crippen molar-refractivity contribution in [3.05, 3.63) is 21.5 Å². The van der Waals surface area contributed by atoms with E-state index in [2.05, 4.69) is 20.8 Å². The first kappa shape index (κ1) is 19.3. The third-order valence-electron chi connectivity index (χ3n) is 2.83. The Labute approximate surface area is 129 Å². The van der Waals surface area contributed by atoms with Crippen LogP contribution in [0.15, 0.2) is 0 Å². The average molecular weight is 320 g/mol. The van der Waals surface area contributed by atoms with Gasteiger partial charge in [-0.3, -0.25) is 20.0 Å². The van der Waals surface area contributed by atoms with E-state index >= 15 is 0 Å². The lowest BCUT2D eigenvalue weighted by molar-refractivity contribution is -0.385. The van der Waals surface area contributed by atoms with E-state index in [0.717, 1.165) is 13.0 Å². The molecule has 0 radical (unpaired) electrons. The van der Waals surface area contributed by atoms with E-state index in [4.69, 9.17) is 0 Å². The molecule has 1 rings (SSSR count). The number of nitrogens with one attached hydrogen (secondary N) is 3. The molecule has 1 aromatic rings. The Balaban J connectivity index is 0.00000400. The molecule has 9 heteroatoms. The topological polar surface area (TPSA) is 113 Å². The van der Waals surface area contributed by atoms with Crippen LogP contribution in [0.5, 0.6) is 0 Å². The number of hydrogen-bond donors (Lipinski definition) is 3. The number of aromatic amines is 1. The van der Waals surface area contributed by atoms with Crippen molar-refractivity contribution in [2.24, 2.45) is 0 Å². The fourth-order valence-electron chi connectivity index (χ4n) is 1.90. The van der Waals surface area contributed by atoms with Crippen molar-refractivity contribution in [1.82, 2.24) is 20.8 Å². The van der Waals surface area contributed by atoms with Gasteiger partial charge in [-0.1, -0.05) is 20.3 Å². The van der Waals surface area contributed by atoms with Gasteiger partial charge in [0, 0.05) is 12.6 Å². The van der Waals surface area contributed by atoms with Crippen LogP contribution in [0.4, 0.5) is 5.69 Å². The molecule has 1 atom stereocenters. The molecule has 1 heterocycles. The second kappa shape index (κ2) is 9.30. The van der Waals surface area contributed by atoms with Crippen LogP contribution in [0.2, 0.25) is 0 Å². The number of amides is 1. The quantitative estimate of drug-likeness (QED) is 0.495. The summed E-state index contributed by atoms with van der Waals surface area (Å²) in [7, 11) is 0. The van der Waals surface area contributed by atoms with Gasteiger partial charge in [0.15, 0.2) is 0 Å². The highest BCUT2D eigenvalue weighted by Crippen LogP contribution is 2.22. The zero-order valence-corrected chi connectivity index (χ0v) is 13.2. The molecule has 120 valence electrons. The Morgan fingerprint density at radius 2 is 2.14 bits per heavy atom. The van der Waals surface area contributed by atoms with Crippen LogP contribution in [0.25, 0.3) is 0 Å². The molecule has 0 spiro atoms. The third-order valence-corrected chi connectivity index (χ3v) is 2.83. The van der Waals surface area contributed by atoms with Crippen molar-refractivity contribution in [2.75, 3.05) is 13.1 Å². The minimum atomic E-state index is -0.558. The number of hydrogen-bond acceptors (Lipinski definition) is 5. The Bertz CT molecular complexity index is 477. The number of halogens is 1. The third kappa shape index (κ3) is 5.31. The number of aryl methyl sites for hydroxylation is 1. The van der Waals surface area contributed by atoms with Crippen LogP contribution < -0.4 is 10.6 Å².